The third-order valence-corrected chi connectivity index (χ3v) is 0.944. The number of halogens is 7. The van der Waals surface area contributed by atoms with Gasteiger partial charge in [0.1, 0.15) is 0 Å². The number of esters is 1. The van der Waals surface area contributed by atoms with Crippen molar-refractivity contribution < 1.29 is 40.7 Å². The van der Waals surface area contributed by atoms with Gasteiger partial charge in [-0.05, 0) is 18.5 Å². The highest BCUT2D eigenvalue weighted by Gasteiger charge is 2.40. The molecule has 10 heteroatoms. The fourth-order valence-corrected chi connectivity index (χ4v) is 0.213. The molecule has 0 aromatic heterocycles. The van der Waals surface area contributed by atoms with Gasteiger partial charge in [-0.3, -0.25) is 4.79 Å². The third kappa shape index (κ3) is 9.56. The van der Waals surface area contributed by atoms with Crippen LogP contribution in [-0.2, 0) is 14.3 Å². The molecule has 16 heavy (non-hydrogen) atoms. The number of carbonyl (C=O) groups excluding carboxylic acids is 2. The van der Waals surface area contributed by atoms with Crippen molar-refractivity contribution in [2.24, 2.45) is 0 Å². The predicted molar refractivity (Wildman–Crippen MR) is 39.6 cm³/mol. The minimum atomic E-state index is -4.87. The van der Waals surface area contributed by atoms with E-state index in [-0.39, 0.29) is 6.61 Å². The summed E-state index contributed by atoms with van der Waals surface area (Å²) < 4.78 is 69.2. The first-order valence-corrected chi connectivity index (χ1v) is 3.81. The number of rotatable bonds is 1. The van der Waals surface area contributed by atoms with Crippen LogP contribution in [0.1, 0.15) is 6.92 Å². The van der Waals surface area contributed by atoms with Gasteiger partial charge in [-0.25, -0.2) is 4.79 Å². The van der Waals surface area contributed by atoms with Gasteiger partial charge in [-0.15, -0.1) is 0 Å². The quantitative estimate of drug-likeness (QED) is 0.419. The van der Waals surface area contributed by atoms with Gasteiger partial charge in [-0.2, -0.15) is 26.3 Å². The average Bonchev–Trinajstić information content (AvgIpc) is 2.02. The lowest BCUT2D eigenvalue weighted by atomic mass is 10.7. The molecular formula is C6H5ClF6O3. The molecule has 0 spiro atoms. The number of hydrogen-bond donors (Lipinski definition) is 0. The minimum absolute atomic E-state index is 0.252. The van der Waals surface area contributed by atoms with E-state index in [0.29, 0.717) is 0 Å². The fourth-order valence-electron chi connectivity index (χ4n) is 0.213. The van der Waals surface area contributed by atoms with Gasteiger partial charge in [0.25, 0.3) is 0 Å². The summed E-state index contributed by atoms with van der Waals surface area (Å²) in [5.74, 6) is -2.13. The molecule has 3 nitrogen and oxygen atoms in total. The molecule has 0 radical (unpaired) electrons. The van der Waals surface area contributed by atoms with Crippen LogP contribution in [0.4, 0.5) is 26.3 Å². The second-order valence-corrected chi connectivity index (χ2v) is 2.33. The Hall–Kier alpha value is -0.990. The van der Waals surface area contributed by atoms with E-state index in [4.69, 9.17) is 4.79 Å². The second-order valence-electron chi connectivity index (χ2n) is 1.99. The highest BCUT2D eigenvalue weighted by Crippen LogP contribution is 2.17. The van der Waals surface area contributed by atoms with Crippen molar-refractivity contribution in [1.29, 1.82) is 0 Å². The number of hydrogen-bond acceptors (Lipinski definition) is 3. The van der Waals surface area contributed by atoms with Gasteiger partial charge in [0, 0.05) is 0 Å². The van der Waals surface area contributed by atoms with Gasteiger partial charge >= 0.3 is 23.6 Å². The van der Waals surface area contributed by atoms with Crippen LogP contribution in [0.15, 0.2) is 0 Å². The molecule has 0 heterocycles. The van der Waals surface area contributed by atoms with E-state index < -0.39 is 23.6 Å². The summed E-state index contributed by atoms with van der Waals surface area (Å²) in [7, 11) is 0. The first-order chi connectivity index (χ1) is 6.92. The van der Waals surface area contributed by atoms with E-state index in [9.17, 15) is 31.1 Å². The Kier molecular flexibility index (Phi) is 7.14. The lowest BCUT2D eigenvalue weighted by Gasteiger charge is -2.02. The van der Waals surface area contributed by atoms with Crippen molar-refractivity contribution >= 4 is 22.8 Å². The van der Waals surface area contributed by atoms with Crippen molar-refractivity contribution in [3.05, 3.63) is 0 Å². The molecule has 0 aromatic carbocycles. The monoisotopic (exact) mass is 274 g/mol. The van der Waals surface area contributed by atoms with Crippen LogP contribution in [0, 0.1) is 0 Å². The standard InChI is InChI=1S/C4H5F3O2.C2ClF3O/c1-2-9-3(8)4(5,6)7;3-1(7)2(4,5)6/h2H2,1H3;. The molecule has 0 N–H and O–H groups in total. The summed E-state index contributed by atoms with van der Waals surface area (Å²) in [5.41, 5.74) is 0. The number of ether oxygens (including phenoxy) is 1. The number of alkyl halides is 6. The Balaban J connectivity index is 0. The lowest BCUT2D eigenvalue weighted by molar-refractivity contribution is -0.199. The highest BCUT2D eigenvalue weighted by atomic mass is 35.5. The van der Waals surface area contributed by atoms with Gasteiger partial charge in [-0.1, -0.05) is 0 Å². The van der Waals surface area contributed by atoms with E-state index in [1.807, 2.05) is 0 Å². The van der Waals surface area contributed by atoms with Crippen molar-refractivity contribution in [3.63, 3.8) is 0 Å². The number of carbonyl (C=O) groups is 2. The summed E-state index contributed by atoms with van der Waals surface area (Å²) in [6.45, 7) is 1.06. The van der Waals surface area contributed by atoms with E-state index >= 15 is 0 Å². The van der Waals surface area contributed by atoms with Crippen molar-refractivity contribution in [3.8, 4) is 0 Å². The third-order valence-electron chi connectivity index (χ3n) is 0.730. The molecule has 0 aliphatic heterocycles. The molecule has 0 amide bonds. The van der Waals surface area contributed by atoms with Crippen LogP contribution in [0.3, 0.4) is 0 Å². The summed E-state index contributed by atoms with van der Waals surface area (Å²) in [6.07, 6.45) is -9.72. The average molecular weight is 275 g/mol. The molecule has 0 atom stereocenters. The minimum Gasteiger partial charge on any atom is -0.459 e. The first-order valence-electron chi connectivity index (χ1n) is 3.43. The van der Waals surface area contributed by atoms with Crippen LogP contribution in [0.25, 0.3) is 0 Å². The van der Waals surface area contributed by atoms with Gasteiger partial charge < -0.3 is 4.74 Å². The Morgan fingerprint density at radius 2 is 1.38 bits per heavy atom. The fraction of sp³-hybridized carbons (Fsp3) is 0.667. The zero-order chi connectivity index (χ0) is 13.6. The Morgan fingerprint density at radius 1 is 1.06 bits per heavy atom. The maximum Gasteiger partial charge on any atom is 0.490 e. The van der Waals surface area contributed by atoms with Crippen LogP contribution in [-0.4, -0.2) is 30.2 Å². The van der Waals surface area contributed by atoms with Crippen molar-refractivity contribution in [2.75, 3.05) is 6.61 Å². The lowest BCUT2D eigenvalue weighted by Crippen LogP contribution is -2.25. The molecule has 0 bridgehead atoms. The normalized spacial score (nSPS) is 11.2. The van der Waals surface area contributed by atoms with E-state index in [0.717, 1.165) is 0 Å². The van der Waals surface area contributed by atoms with Gasteiger partial charge in [0.2, 0.25) is 0 Å². The molecule has 0 unspecified atom stereocenters. The maximum absolute atomic E-state index is 11.2. The molecule has 0 rings (SSSR count). The molecule has 0 aliphatic rings. The van der Waals surface area contributed by atoms with Gasteiger partial charge in [0.15, 0.2) is 0 Å². The van der Waals surface area contributed by atoms with Crippen molar-refractivity contribution in [2.45, 2.75) is 19.3 Å². The molecular weight excluding hydrogens is 270 g/mol. The second kappa shape index (κ2) is 6.56. The topological polar surface area (TPSA) is 43.4 Å². The van der Waals surface area contributed by atoms with E-state index in [1.165, 1.54) is 6.92 Å². The van der Waals surface area contributed by atoms with Crippen LogP contribution in [0.5, 0.6) is 0 Å². The smallest absolute Gasteiger partial charge is 0.459 e. The SMILES string of the molecule is CCOC(=O)C(F)(F)F.O=C(Cl)C(F)(F)F. The molecule has 0 aliphatic carbocycles. The van der Waals surface area contributed by atoms with E-state index in [1.54, 1.807) is 0 Å². The van der Waals surface area contributed by atoms with Crippen LogP contribution >= 0.6 is 11.6 Å². The highest BCUT2D eigenvalue weighted by molar-refractivity contribution is 6.64. The molecule has 96 valence electrons. The Morgan fingerprint density at radius 3 is 1.44 bits per heavy atom. The maximum atomic E-state index is 11.2. The van der Waals surface area contributed by atoms with Crippen LogP contribution < -0.4 is 0 Å². The van der Waals surface area contributed by atoms with Crippen LogP contribution in [0.2, 0.25) is 0 Å². The van der Waals surface area contributed by atoms with E-state index in [2.05, 4.69) is 16.3 Å². The predicted octanol–water partition coefficient (Wildman–Crippen LogP) is 2.43. The molecule has 0 fully saturated rings. The first kappa shape index (κ1) is 17.4. The summed E-state index contributed by atoms with van der Waals surface area (Å²) >= 11 is 3.99. The summed E-state index contributed by atoms with van der Waals surface area (Å²) in [6, 6.07) is 0. The van der Waals surface area contributed by atoms with Gasteiger partial charge in [0.05, 0.1) is 6.61 Å². The molecule has 0 saturated heterocycles. The Labute approximate surface area is 90.3 Å². The summed E-state index contributed by atoms with van der Waals surface area (Å²) in [5, 5.41) is -2.28. The molecule has 0 aromatic rings. The molecule has 0 saturated carbocycles. The zero-order valence-corrected chi connectivity index (χ0v) is 8.33. The summed E-state index contributed by atoms with van der Waals surface area (Å²) in [4.78, 5) is 18.8. The largest absolute Gasteiger partial charge is 0.490 e. The Bertz CT molecular complexity index is 246. The zero-order valence-electron chi connectivity index (χ0n) is 7.58. The van der Waals surface area contributed by atoms with Crippen molar-refractivity contribution in [1.82, 2.24) is 0 Å².